The van der Waals surface area contributed by atoms with Crippen molar-refractivity contribution in [1.29, 1.82) is 0 Å². The van der Waals surface area contributed by atoms with Crippen molar-refractivity contribution in [3.63, 3.8) is 0 Å². The molecule has 6 nitrogen and oxygen atoms in total. The molecule has 1 aliphatic heterocycles. The standard InChI is InChI=1S/C11H19N3O3S/c1-18(16,17)14-4-2-3-10(6-14)5-13-7-11(8-15)12-9-13/h7,9-10,15H,2-6,8H2,1H3. The molecule has 1 unspecified atom stereocenters. The number of hydrogen-bond donors (Lipinski definition) is 1. The summed E-state index contributed by atoms with van der Waals surface area (Å²) in [5, 5.41) is 8.94. The van der Waals surface area contributed by atoms with Gasteiger partial charge in [0.1, 0.15) is 0 Å². The van der Waals surface area contributed by atoms with Crippen LogP contribution in [0, 0.1) is 5.92 Å². The molecule has 0 bridgehead atoms. The molecule has 18 heavy (non-hydrogen) atoms. The van der Waals surface area contributed by atoms with Crippen molar-refractivity contribution in [2.75, 3.05) is 19.3 Å². The first-order chi connectivity index (χ1) is 8.49. The summed E-state index contributed by atoms with van der Waals surface area (Å²) in [4.78, 5) is 4.05. The molecule has 2 heterocycles. The summed E-state index contributed by atoms with van der Waals surface area (Å²) in [7, 11) is -3.08. The van der Waals surface area contributed by atoms with Crippen LogP contribution in [0.5, 0.6) is 0 Å². The van der Waals surface area contributed by atoms with Gasteiger partial charge in [0, 0.05) is 25.8 Å². The lowest BCUT2D eigenvalue weighted by Crippen LogP contribution is -2.40. The third-order valence-corrected chi connectivity index (χ3v) is 4.54. The lowest BCUT2D eigenvalue weighted by atomic mass is 10.00. The Morgan fingerprint density at radius 3 is 2.94 bits per heavy atom. The predicted octanol–water partition coefficient (Wildman–Crippen LogP) is 0.0470. The van der Waals surface area contributed by atoms with Crippen molar-refractivity contribution in [2.24, 2.45) is 5.92 Å². The van der Waals surface area contributed by atoms with Crippen LogP contribution in [0.15, 0.2) is 12.5 Å². The largest absolute Gasteiger partial charge is 0.390 e. The molecule has 1 aliphatic rings. The van der Waals surface area contributed by atoms with Gasteiger partial charge in [-0.2, -0.15) is 0 Å². The summed E-state index contributed by atoms with van der Waals surface area (Å²) in [6, 6.07) is 0. The zero-order chi connectivity index (χ0) is 13.2. The molecule has 1 N–H and O–H groups in total. The van der Waals surface area contributed by atoms with E-state index in [0.29, 0.717) is 24.7 Å². The number of nitrogens with zero attached hydrogens (tertiary/aromatic N) is 3. The normalized spacial score (nSPS) is 22.2. The SMILES string of the molecule is CS(=O)(=O)N1CCCC(Cn2cnc(CO)c2)C1. The zero-order valence-electron chi connectivity index (χ0n) is 10.5. The van der Waals surface area contributed by atoms with Crippen LogP contribution in [0.25, 0.3) is 0 Å². The average molecular weight is 273 g/mol. The Hall–Kier alpha value is -0.920. The molecule has 2 rings (SSSR count). The van der Waals surface area contributed by atoms with Crippen molar-refractivity contribution >= 4 is 10.0 Å². The summed E-state index contributed by atoms with van der Waals surface area (Å²) in [6.45, 7) is 1.89. The van der Waals surface area contributed by atoms with Gasteiger partial charge in [-0.05, 0) is 18.8 Å². The average Bonchev–Trinajstić information content (AvgIpc) is 2.76. The molecular formula is C11H19N3O3S. The summed E-state index contributed by atoms with van der Waals surface area (Å²) >= 11 is 0. The highest BCUT2D eigenvalue weighted by atomic mass is 32.2. The quantitative estimate of drug-likeness (QED) is 0.841. The molecule has 1 saturated heterocycles. The minimum absolute atomic E-state index is 0.0624. The number of rotatable bonds is 4. The molecule has 0 radical (unpaired) electrons. The van der Waals surface area contributed by atoms with E-state index in [1.807, 2.05) is 4.57 Å². The summed E-state index contributed by atoms with van der Waals surface area (Å²) < 4.78 is 26.5. The van der Waals surface area contributed by atoms with Crippen molar-refractivity contribution in [3.05, 3.63) is 18.2 Å². The van der Waals surface area contributed by atoms with Crippen LogP contribution in [0.4, 0.5) is 0 Å². The Balaban J connectivity index is 1.97. The minimum atomic E-state index is -3.08. The number of aliphatic hydroxyl groups is 1. The monoisotopic (exact) mass is 273 g/mol. The van der Waals surface area contributed by atoms with E-state index in [1.165, 1.54) is 6.26 Å². The van der Waals surface area contributed by atoms with Crippen LogP contribution in [0.3, 0.4) is 0 Å². The molecule has 0 amide bonds. The summed E-state index contributed by atoms with van der Waals surface area (Å²) in [5.74, 6) is 0.314. The summed E-state index contributed by atoms with van der Waals surface area (Å²) in [6.07, 6.45) is 6.68. The Morgan fingerprint density at radius 2 is 2.33 bits per heavy atom. The second-order valence-corrected chi connectivity index (χ2v) is 6.83. The highest BCUT2D eigenvalue weighted by Gasteiger charge is 2.25. The van der Waals surface area contributed by atoms with Crippen molar-refractivity contribution in [3.8, 4) is 0 Å². The third kappa shape index (κ3) is 3.30. The fraction of sp³-hybridized carbons (Fsp3) is 0.727. The predicted molar refractivity (Wildman–Crippen MR) is 67.3 cm³/mol. The molecule has 0 aliphatic carbocycles. The zero-order valence-corrected chi connectivity index (χ0v) is 11.3. The molecule has 7 heteroatoms. The minimum Gasteiger partial charge on any atom is -0.390 e. The fourth-order valence-corrected chi connectivity index (χ4v) is 3.31. The first kappa shape index (κ1) is 13.5. The van der Waals surface area contributed by atoms with Gasteiger partial charge in [0.2, 0.25) is 10.0 Å². The van der Waals surface area contributed by atoms with Crippen molar-refractivity contribution in [2.45, 2.75) is 26.0 Å². The van der Waals surface area contributed by atoms with Gasteiger partial charge in [-0.15, -0.1) is 0 Å². The van der Waals surface area contributed by atoms with Crippen LogP contribution >= 0.6 is 0 Å². The van der Waals surface area contributed by atoms with E-state index in [9.17, 15) is 8.42 Å². The first-order valence-electron chi connectivity index (χ1n) is 6.05. The van der Waals surface area contributed by atoms with Gasteiger partial charge in [-0.3, -0.25) is 0 Å². The summed E-state index contributed by atoms with van der Waals surface area (Å²) in [5.41, 5.74) is 0.644. The Labute approximate surface area is 107 Å². The lowest BCUT2D eigenvalue weighted by molar-refractivity contribution is 0.246. The van der Waals surface area contributed by atoms with Gasteiger partial charge >= 0.3 is 0 Å². The van der Waals surface area contributed by atoms with Gasteiger partial charge in [-0.25, -0.2) is 17.7 Å². The van der Waals surface area contributed by atoms with Crippen LogP contribution in [0.2, 0.25) is 0 Å². The van der Waals surface area contributed by atoms with Gasteiger partial charge in [0.05, 0.1) is 24.9 Å². The van der Waals surface area contributed by atoms with E-state index < -0.39 is 10.0 Å². The third-order valence-electron chi connectivity index (χ3n) is 3.27. The van der Waals surface area contributed by atoms with E-state index in [-0.39, 0.29) is 6.61 Å². The molecule has 102 valence electrons. The maximum atomic E-state index is 11.5. The number of sulfonamides is 1. The van der Waals surface area contributed by atoms with E-state index in [4.69, 9.17) is 5.11 Å². The van der Waals surface area contributed by atoms with Gasteiger partial charge < -0.3 is 9.67 Å². The van der Waals surface area contributed by atoms with Crippen LogP contribution in [0.1, 0.15) is 18.5 Å². The highest BCUT2D eigenvalue weighted by Crippen LogP contribution is 2.20. The van der Waals surface area contributed by atoms with Gasteiger partial charge in [0.15, 0.2) is 0 Å². The number of piperidine rings is 1. The smallest absolute Gasteiger partial charge is 0.211 e. The number of aromatic nitrogens is 2. The number of hydrogen-bond acceptors (Lipinski definition) is 4. The van der Waals surface area contributed by atoms with Crippen molar-refractivity contribution in [1.82, 2.24) is 13.9 Å². The van der Waals surface area contributed by atoms with E-state index in [0.717, 1.165) is 19.4 Å². The van der Waals surface area contributed by atoms with E-state index in [1.54, 1.807) is 16.8 Å². The Kier molecular flexibility index (Phi) is 4.04. The molecule has 1 aromatic rings. The van der Waals surface area contributed by atoms with Gasteiger partial charge in [0.25, 0.3) is 0 Å². The van der Waals surface area contributed by atoms with Gasteiger partial charge in [-0.1, -0.05) is 0 Å². The second-order valence-electron chi connectivity index (χ2n) is 4.85. The number of aliphatic hydroxyl groups excluding tert-OH is 1. The fourth-order valence-electron chi connectivity index (χ4n) is 2.36. The maximum Gasteiger partial charge on any atom is 0.211 e. The molecule has 0 spiro atoms. The molecule has 1 fully saturated rings. The molecule has 1 atom stereocenters. The van der Waals surface area contributed by atoms with E-state index >= 15 is 0 Å². The van der Waals surface area contributed by atoms with Crippen LogP contribution in [-0.4, -0.2) is 46.7 Å². The lowest BCUT2D eigenvalue weighted by Gasteiger charge is -2.31. The first-order valence-corrected chi connectivity index (χ1v) is 7.90. The maximum absolute atomic E-state index is 11.5. The highest BCUT2D eigenvalue weighted by molar-refractivity contribution is 7.88. The molecule has 0 aromatic carbocycles. The Morgan fingerprint density at radius 1 is 1.56 bits per heavy atom. The second kappa shape index (κ2) is 5.38. The van der Waals surface area contributed by atoms with Crippen molar-refractivity contribution < 1.29 is 13.5 Å². The molecular weight excluding hydrogens is 254 g/mol. The molecule has 0 saturated carbocycles. The number of imidazole rings is 1. The van der Waals surface area contributed by atoms with Crippen LogP contribution in [-0.2, 0) is 23.2 Å². The van der Waals surface area contributed by atoms with E-state index in [2.05, 4.69) is 4.98 Å². The molecule has 1 aromatic heterocycles. The Bertz CT molecular complexity index is 497. The van der Waals surface area contributed by atoms with Crippen LogP contribution < -0.4 is 0 Å². The topological polar surface area (TPSA) is 75.4 Å².